The molecule has 0 bridgehead atoms. The molecule has 2 aromatic rings. The average Bonchev–Trinajstić information content (AvgIpc) is 3.25. The van der Waals surface area contributed by atoms with Crippen molar-refractivity contribution < 1.29 is 19.4 Å². The van der Waals surface area contributed by atoms with E-state index in [2.05, 4.69) is 66.7 Å². The first kappa shape index (κ1) is 28.4. The number of allylic oxidation sites excluding steroid dienone is 1. The predicted octanol–water partition coefficient (Wildman–Crippen LogP) is 5.36. The lowest BCUT2D eigenvalue weighted by Gasteiger charge is -2.27. The molecule has 0 aliphatic heterocycles. The van der Waals surface area contributed by atoms with E-state index in [-0.39, 0.29) is 6.04 Å². The summed E-state index contributed by atoms with van der Waals surface area (Å²) in [5.41, 5.74) is 2.78. The summed E-state index contributed by atoms with van der Waals surface area (Å²) in [6, 6.07) is 6.12. The molecule has 1 unspecified atom stereocenters. The van der Waals surface area contributed by atoms with Crippen LogP contribution in [-0.2, 0) is 9.47 Å². The zero-order valence-electron chi connectivity index (χ0n) is 22.7. The van der Waals surface area contributed by atoms with Crippen molar-refractivity contribution >= 4 is 39.3 Å². The summed E-state index contributed by atoms with van der Waals surface area (Å²) in [4.78, 5) is 17.9. The van der Waals surface area contributed by atoms with E-state index in [0.717, 1.165) is 60.9 Å². The minimum absolute atomic E-state index is 0.0551. The number of carboxylic acid groups (broad SMARTS) is 1. The van der Waals surface area contributed by atoms with Crippen LogP contribution in [0, 0.1) is 0 Å². The number of carbonyl (C=O) groups is 1. The number of ether oxygens (including phenoxy) is 2. The topological polar surface area (TPSA) is 101 Å². The van der Waals surface area contributed by atoms with Crippen LogP contribution in [0.4, 0.5) is 10.6 Å². The van der Waals surface area contributed by atoms with Crippen molar-refractivity contribution in [1.29, 1.82) is 0 Å². The Bertz CT molecular complexity index is 1020. The molecule has 0 fully saturated rings. The predicted molar refractivity (Wildman–Crippen MR) is 150 cm³/mol. The second kappa shape index (κ2) is 12.4. The molecular weight excluding hydrogens is 490 g/mol. The normalized spacial score (nSPS) is 16.7. The third kappa shape index (κ3) is 9.02. The number of fused-ring (bicyclic) bond motifs is 1. The Morgan fingerprint density at radius 3 is 2.31 bits per heavy atom. The number of anilines is 1. The van der Waals surface area contributed by atoms with Crippen LogP contribution in [-0.4, -0.2) is 74.7 Å². The number of nitrogens with one attached hydrogen (secondary N) is 1. The third-order valence-corrected chi connectivity index (χ3v) is 9.63. The van der Waals surface area contributed by atoms with E-state index < -0.39 is 22.2 Å². The quantitative estimate of drug-likeness (QED) is 0.203. The SMILES string of the molecule is C[Si](C)(C)CCOCN(COCC[Si](C)(C)C)c1cc(C2=CCC(NC(=O)O)CC2)nc2ccnn12. The van der Waals surface area contributed by atoms with E-state index in [4.69, 9.17) is 19.6 Å². The number of rotatable bonds is 13. The fraction of sp³-hybridized carbons (Fsp3) is 0.640. The van der Waals surface area contributed by atoms with Gasteiger partial charge in [-0.1, -0.05) is 45.4 Å². The summed E-state index contributed by atoms with van der Waals surface area (Å²) in [6.07, 6.45) is 5.06. The summed E-state index contributed by atoms with van der Waals surface area (Å²) in [5, 5.41) is 16.1. The number of amides is 1. The summed E-state index contributed by atoms with van der Waals surface area (Å²) >= 11 is 0. The molecule has 0 radical (unpaired) electrons. The molecule has 0 saturated heterocycles. The van der Waals surface area contributed by atoms with Gasteiger partial charge in [-0.3, -0.25) is 0 Å². The Balaban J connectivity index is 1.81. The van der Waals surface area contributed by atoms with Crippen molar-refractivity contribution in [2.24, 2.45) is 0 Å². The monoisotopic (exact) mass is 533 g/mol. The molecule has 1 amide bonds. The fourth-order valence-corrected chi connectivity index (χ4v) is 5.45. The third-order valence-electron chi connectivity index (χ3n) is 6.22. The summed E-state index contributed by atoms with van der Waals surface area (Å²) in [6.45, 7) is 16.4. The lowest BCUT2D eigenvalue weighted by atomic mass is 9.93. The first-order valence-electron chi connectivity index (χ1n) is 12.9. The fourth-order valence-electron chi connectivity index (χ4n) is 3.93. The van der Waals surface area contributed by atoms with Gasteiger partial charge < -0.3 is 24.8 Å². The van der Waals surface area contributed by atoms with Crippen molar-refractivity contribution in [3.8, 4) is 0 Å². The van der Waals surface area contributed by atoms with Gasteiger partial charge in [0.1, 0.15) is 19.3 Å². The molecule has 1 aliphatic carbocycles. The maximum Gasteiger partial charge on any atom is 0.404 e. The van der Waals surface area contributed by atoms with Crippen LogP contribution in [0.3, 0.4) is 0 Å². The van der Waals surface area contributed by atoms with Gasteiger partial charge in [0.25, 0.3) is 0 Å². The molecule has 0 aromatic carbocycles. The van der Waals surface area contributed by atoms with Crippen LogP contribution < -0.4 is 10.2 Å². The van der Waals surface area contributed by atoms with E-state index in [9.17, 15) is 4.79 Å². The molecule has 2 heterocycles. The largest absolute Gasteiger partial charge is 0.465 e. The zero-order chi connectivity index (χ0) is 26.3. The summed E-state index contributed by atoms with van der Waals surface area (Å²) < 4.78 is 14.1. The molecule has 2 aromatic heterocycles. The van der Waals surface area contributed by atoms with E-state index in [1.165, 1.54) is 0 Å². The van der Waals surface area contributed by atoms with Gasteiger partial charge in [-0.05, 0) is 36.9 Å². The molecule has 0 saturated carbocycles. The standard InChI is InChI=1S/C25H43N5O4Si2/c1-35(2,3)15-13-33-18-29(19-34-14-16-36(4,5)6)24-17-22(28-23-11-12-26-30(23)24)20-7-9-21(10-8-20)27-25(31)32/h7,11-12,17,21,27H,8-10,13-16,18-19H2,1-6H3,(H,31,32). The highest BCUT2D eigenvalue weighted by Crippen LogP contribution is 2.29. The van der Waals surface area contributed by atoms with Crippen LogP contribution in [0.15, 0.2) is 24.4 Å². The molecule has 2 N–H and O–H groups in total. The van der Waals surface area contributed by atoms with Crippen LogP contribution in [0.1, 0.15) is 25.0 Å². The Morgan fingerprint density at radius 1 is 1.14 bits per heavy atom. The van der Waals surface area contributed by atoms with Crippen molar-refractivity contribution in [3.05, 3.63) is 30.1 Å². The van der Waals surface area contributed by atoms with Gasteiger partial charge in [0.15, 0.2) is 5.65 Å². The highest BCUT2D eigenvalue weighted by Gasteiger charge is 2.21. The number of aromatic nitrogens is 3. The first-order chi connectivity index (χ1) is 16.9. The maximum absolute atomic E-state index is 11.0. The second-order valence-corrected chi connectivity index (χ2v) is 23.2. The van der Waals surface area contributed by atoms with Crippen molar-refractivity contribution in [2.75, 3.05) is 31.6 Å². The van der Waals surface area contributed by atoms with Crippen LogP contribution >= 0.6 is 0 Å². The Labute approximate surface area is 216 Å². The Kier molecular flexibility index (Phi) is 9.73. The van der Waals surface area contributed by atoms with E-state index in [1.54, 1.807) is 6.20 Å². The first-order valence-corrected chi connectivity index (χ1v) is 20.3. The zero-order valence-corrected chi connectivity index (χ0v) is 24.7. The number of nitrogens with zero attached hydrogens (tertiary/aromatic N) is 4. The summed E-state index contributed by atoms with van der Waals surface area (Å²) in [5.74, 6) is 0.882. The van der Waals surface area contributed by atoms with Crippen LogP contribution in [0.5, 0.6) is 0 Å². The lowest BCUT2D eigenvalue weighted by Crippen LogP contribution is -2.34. The average molecular weight is 534 g/mol. The molecule has 9 nitrogen and oxygen atoms in total. The molecule has 1 atom stereocenters. The van der Waals surface area contributed by atoms with E-state index >= 15 is 0 Å². The highest BCUT2D eigenvalue weighted by atomic mass is 28.3. The molecular formula is C25H43N5O4Si2. The van der Waals surface area contributed by atoms with Gasteiger partial charge in [-0.2, -0.15) is 9.61 Å². The van der Waals surface area contributed by atoms with E-state index in [0.29, 0.717) is 19.9 Å². The lowest BCUT2D eigenvalue weighted by molar-refractivity contribution is 0.0942. The highest BCUT2D eigenvalue weighted by molar-refractivity contribution is 6.76. The molecule has 0 spiro atoms. The molecule has 3 rings (SSSR count). The van der Waals surface area contributed by atoms with Gasteiger partial charge in [-0.25, -0.2) is 9.78 Å². The summed E-state index contributed by atoms with van der Waals surface area (Å²) in [7, 11) is -2.38. The van der Waals surface area contributed by atoms with Crippen molar-refractivity contribution in [1.82, 2.24) is 19.9 Å². The van der Waals surface area contributed by atoms with Gasteiger partial charge in [0.05, 0.1) is 11.9 Å². The van der Waals surface area contributed by atoms with Gasteiger partial charge in [0.2, 0.25) is 0 Å². The minimum Gasteiger partial charge on any atom is -0.465 e. The smallest absolute Gasteiger partial charge is 0.404 e. The number of hydrogen-bond donors (Lipinski definition) is 2. The Morgan fingerprint density at radius 2 is 1.78 bits per heavy atom. The molecule has 200 valence electrons. The minimum atomic E-state index is -1.19. The van der Waals surface area contributed by atoms with Crippen molar-refractivity contribution in [3.63, 3.8) is 0 Å². The van der Waals surface area contributed by atoms with Gasteiger partial charge >= 0.3 is 6.09 Å². The second-order valence-electron chi connectivity index (χ2n) is 12.0. The van der Waals surface area contributed by atoms with Crippen LogP contribution in [0.2, 0.25) is 51.4 Å². The number of hydrogen-bond acceptors (Lipinski definition) is 6. The molecule has 11 heteroatoms. The molecule has 36 heavy (non-hydrogen) atoms. The maximum atomic E-state index is 11.0. The Hall–Kier alpha value is -2.22. The van der Waals surface area contributed by atoms with Gasteiger partial charge in [0, 0.05) is 47.5 Å². The van der Waals surface area contributed by atoms with E-state index in [1.807, 2.05) is 10.6 Å². The van der Waals surface area contributed by atoms with Crippen molar-refractivity contribution in [2.45, 2.75) is 76.7 Å². The molecule has 1 aliphatic rings. The van der Waals surface area contributed by atoms with Crippen LogP contribution in [0.25, 0.3) is 11.2 Å². The van der Waals surface area contributed by atoms with Gasteiger partial charge in [-0.15, -0.1) is 0 Å².